The smallest absolute Gasteiger partial charge is 0.407 e. The lowest BCUT2D eigenvalue weighted by Crippen LogP contribution is -2.52. The van der Waals surface area contributed by atoms with Gasteiger partial charge in [0.1, 0.15) is 36.1 Å². The third kappa shape index (κ3) is 7.74. The van der Waals surface area contributed by atoms with Gasteiger partial charge in [0.25, 0.3) is 0 Å². The average Bonchev–Trinajstić information content (AvgIpc) is 4.08. The summed E-state index contributed by atoms with van der Waals surface area (Å²) in [6, 6.07) is 12.7. The molecule has 0 radical (unpaired) electrons. The van der Waals surface area contributed by atoms with Crippen LogP contribution in [0.5, 0.6) is 5.75 Å². The van der Waals surface area contributed by atoms with Crippen molar-refractivity contribution < 1.29 is 33.4 Å². The number of aromatic amines is 2. The number of nitrogens with one attached hydrogen (secondary N) is 4. The van der Waals surface area contributed by atoms with Crippen LogP contribution in [0.2, 0.25) is 0 Å². The van der Waals surface area contributed by atoms with Crippen LogP contribution >= 0.6 is 0 Å². The van der Waals surface area contributed by atoms with Gasteiger partial charge in [-0.15, -0.1) is 0 Å². The second kappa shape index (κ2) is 16.7. The van der Waals surface area contributed by atoms with Crippen LogP contribution in [-0.4, -0.2) is 92.6 Å². The fraction of sp³-hybridized carbons (Fsp3) is 0.478. The van der Waals surface area contributed by atoms with Gasteiger partial charge in [0.2, 0.25) is 11.8 Å². The van der Waals surface area contributed by atoms with Gasteiger partial charge >= 0.3 is 12.2 Å². The Kier molecular flexibility index (Phi) is 11.4. The summed E-state index contributed by atoms with van der Waals surface area (Å²) >= 11 is 0. The van der Waals surface area contributed by atoms with Crippen molar-refractivity contribution in [3.63, 3.8) is 0 Å². The summed E-state index contributed by atoms with van der Waals surface area (Å²) in [5.74, 6) is 1.96. The van der Waals surface area contributed by atoms with Gasteiger partial charge in [0.05, 0.1) is 49.2 Å². The number of hydrogen-bond acceptors (Lipinski definition) is 9. The number of ether oxygens (including phenoxy) is 3. The normalized spacial score (nSPS) is 20.7. The Balaban J connectivity index is 1.05. The summed E-state index contributed by atoms with van der Waals surface area (Å²) in [6.07, 6.45) is 3.83. The number of fused-ring (bicyclic) bond motifs is 6. The van der Waals surface area contributed by atoms with E-state index in [0.29, 0.717) is 24.9 Å². The number of carbonyl (C=O) groups is 4. The van der Waals surface area contributed by atoms with Crippen LogP contribution in [0.1, 0.15) is 96.5 Å². The number of nitrogens with zero attached hydrogens (tertiary/aromatic N) is 4. The fourth-order valence-electron chi connectivity index (χ4n) is 9.37. The Morgan fingerprint density at radius 2 is 1.59 bits per heavy atom. The molecule has 2 aromatic heterocycles. The summed E-state index contributed by atoms with van der Waals surface area (Å²) in [5.41, 5.74) is 6.60. The molecule has 61 heavy (non-hydrogen) atoms. The summed E-state index contributed by atoms with van der Waals surface area (Å²) in [5, 5.41) is 7.44. The van der Waals surface area contributed by atoms with Gasteiger partial charge in [-0.25, -0.2) is 19.6 Å². The van der Waals surface area contributed by atoms with Gasteiger partial charge in [-0.2, -0.15) is 0 Å². The van der Waals surface area contributed by atoms with Crippen molar-refractivity contribution in [2.45, 2.75) is 104 Å². The number of benzene rings is 3. The molecule has 2 saturated heterocycles. The first-order valence-corrected chi connectivity index (χ1v) is 21.4. The second-order valence-electron chi connectivity index (χ2n) is 17.4. The van der Waals surface area contributed by atoms with E-state index in [1.54, 1.807) is 0 Å². The maximum atomic E-state index is 14.0. The number of rotatable bonds is 10. The molecule has 0 spiro atoms. The first kappa shape index (κ1) is 41.6. The van der Waals surface area contributed by atoms with Gasteiger partial charge in [-0.3, -0.25) is 9.59 Å². The number of carbonyl (C=O) groups excluding carboxylic acids is 4. The largest absolute Gasteiger partial charge is 0.488 e. The summed E-state index contributed by atoms with van der Waals surface area (Å²) in [4.78, 5) is 72.9. The number of imidazole rings is 2. The van der Waals surface area contributed by atoms with Crippen LogP contribution in [0.25, 0.3) is 44.2 Å². The van der Waals surface area contributed by atoms with Gasteiger partial charge in [-0.1, -0.05) is 59.2 Å². The highest BCUT2D eigenvalue weighted by atomic mass is 16.5. The minimum Gasteiger partial charge on any atom is -0.488 e. The Labute approximate surface area is 355 Å². The van der Waals surface area contributed by atoms with Crippen LogP contribution in [-0.2, 0) is 25.7 Å². The maximum Gasteiger partial charge on any atom is 0.407 e. The van der Waals surface area contributed by atoms with E-state index in [-0.39, 0.29) is 41.8 Å². The zero-order chi connectivity index (χ0) is 43.3. The van der Waals surface area contributed by atoms with Gasteiger partial charge < -0.3 is 44.6 Å². The van der Waals surface area contributed by atoms with Crippen LogP contribution in [0, 0.1) is 17.8 Å². The highest BCUT2D eigenvalue weighted by molar-refractivity contribution is 6.07. The molecule has 5 heterocycles. The molecule has 5 aromatic rings. The van der Waals surface area contributed by atoms with Crippen molar-refractivity contribution in [1.29, 1.82) is 0 Å². The summed E-state index contributed by atoms with van der Waals surface area (Å²) < 4.78 is 16.1. The van der Waals surface area contributed by atoms with E-state index in [1.807, 2.05) is 56.7 Å². The van der Waals surface area contributed by atoms with E-state index >= 15 is 0 Å². The van der Waals surface area contributed by atoms with Gasteiger partial charge in [-0.05, 0) is 90.3 Å². The molecule has 1 unspecified atom stereocenters. The molecule has 6 atom stereocenters. The topological polar surface area (TPSA) is 184 Å². The highest BCUT2D eigenvalue weighted by Gasteiger charge is 2.43. The fourth-order valence-corrected chi connectivity index (χ4v) is 9.37. The number of aromatic nitrogens is 4. The van der Waals surface area contributed by atoms with Crippen molar-refractivity contribution in [1.82, 2.24) is 40.4 Å². The van der Waals surface area contributed by atoms with E-state index in [1.165, 1.54) is 14.2 Å². The number of likely N-dealkylation sites (tertiary alicyclic amines) is 2. The molecule has 4 amide bonds. The number of methoxy groups -OCH3 is 2. The van der Waals surface area contributed by atoms with Gasteiger partial charge in [0, 0.05) is 23.5 Å². The number of H-pyrrole nitrogens is 2. The quantitative estimate of drug-likeness (QED) is 0.109. The molecule has 3 aromatic carbocycles. The molecular formula is C46H56N8O7. The Hall–Kier alpha value is -6.12. The summed E-state index contributed by atoms with van der Waals surface area (Å²) in [6.45, 7) is 12.8. The van der Waals surface area contributed by atoms with Crippen molar-refractivity contribution in [3.8, 4) is 28.1 Å². The van der Waals surface area contributed by atoms with Crippen LogP contribution in [0.15, 0.2) is 48.7 Å². The van der Waals surface area contributed by atoms with E-state index in [0.717, 1.165) is 87.0 Å². The third-order valence-electron chi connectivity index (χ3n) is 12.9. The minimum atomic E-state index is -0.726. The minimum absolute atomic E-state index is 0.0257. The lowest BCUT2D eigenvalue weighted by atomic mass is 9.92. The zero-order valence-electron chi connectivity index (χ0n) is 36.1. The van der Waals surface area contributed by atoms with E-state index in [2.05, 4.69) is 63.9 Å². The van der Waals surface area contributed by atoms with E-state index in [4.69, 9.17) is 24.2 Å². The van der Waals surface area contributed by atoms with E-state index in [9.17, 15) is 19.2 Å². The molecule has 3 aliphatic rings. The number of amides is 4. The average molecular weight is 833 g/mol. The van der Waals surface area contributed by atoms with Crippen molar-refractivity contribution in [2.75, 3.05) is 20.8 Å². The molecule has 4 N–H and O–H groups in total. The Morgan fingerprint density at radius 3 is 2.28 bits per heavy atom. The molecule has 15 nitrogen and oxygen atoms in total. The first-order valence-electron chi connectivity index (χ1n) is 21.4. The molecule has 8 rings (SSSR count). The molecule has 0 saturated carbocycles. The highest BCUT2D eigenvalue weighted by Crippen LogP contribution is 2.44. The molecular weight excluding hydrogens is 777 g/mol. The van der Waals surface area contributed by atoms with Crippen molar-refractivity contribution in [3.05, 3.63) is 65.9 Å². The molecule has 2 fully saturated rings. The summed E-state index contributed by atoms with van der Waals surface area (Å²) in [7, 11) is 2.59. The number of hydrogen-bond donors (Lipinski definition) is 4. The Bertz CT molecular complexity index is 2490. The lowest BCUT2D eigenvalue weighted by molar-refractivity contribution is -0.137. The second-order valence-corrected chi connectivity index (χ2v) is 17.4. The predicted molar refractivity (Wildman–Crippen MR) is 230 cm³/mol. The lowest BCUT2D eigenvalue weighted by Gasteiger charge is -2.32. The van der Waals surface area contributed by atoms with Crippen molar-refractivity contribution >= 4 is 45.8 Å². The molecule has 3 aliphatic heterocycles. The van der Waals surface area contributed by atoms with Crippen molar-refractivity contribution in [2.24, 2.45) is 17.8 Å². The van der Waals surface area contributed by atoms with Crippen LogP contribution in [0.3, 0.4) is 0 Å². The monoisotopic (exact) mass is 832 g/mol. The molecule has 322 valence electrons. The molecule has 15 heteroatoms. The third-order valence-corrected chi connectivity index (χ3v) is 12.9. The Morgan fingerprint density at radius 1 is 0.869 bits per heavy atom. The molecule has 0 bridgehead atoms. The van der Waals surface area contributed by atoms with Crippen LogP contribution < -0.4 is 15.4 Å². The standard InChI is InChI=1S/C46H56N8O7/c1-9-26-16-36(53(21-26)43(55)38(23(2)3)51-45(57)59-7)41-47-20-34(49-41)28-11-13-30-29(17-28)22-61-37-19-31-27(18-32(30)37)12-14-33-40(31)50-42(48-33)35-15-10-25(6)54(35)44(56)39(24(4)5)52-46(58)60-8/h11-14,17-20,23-26,35-36,38-39H,9-10,15-16,21-22H2,1-8H3,(H,47,49)(H,48,50)(H,51,57)(H,52,58)/t25-,26-,35?,36-,38-,39-/m0/s1. The number of alkyl carbamates (subject to hydrolysis) is 2. The maximum absolute atomic E-state index is 14.0. The van der Waals surface area contributed by atoms with Crippen LogP contribution in [0.4, 0.5) is 9.59 Å². The zero-order valence-corrected chi connectivity index (χ0v) is 36.1. The molecule has 0 aliphatic carbocycles. The predicted octanol–water partition coefficient (Wildman–Crippen LogP) is 7.78. The first-order chi connectivity index (χ1) is 29.3. The SMILES string of the molecule is CC[C@H]1C[C@@H](c2ncc(-c3ccc4c(c3)COc3cc5c(ccc6[nH]c(C7CC[C@H](C)N7C(=O)[C@@H](NC(=O)OC)C(C)C)nc65)cc3-4)[nH]2)N(C(=O)[C@@H](NC(=O)OC)C(C)C)C1. The van der Waals surface area contributed by atoms with E-state index < -0.39 is 24.3 Å². The van der Waals surface area contributed by atoms with Gasteiger partial charge in [0.15, 0.2) is 0 Å².